The molecule has 1 heterocycles. The Hall–Kier alpha value is -1.88. The standard InChI is InChI=1S/C18H25N3O2/c22-17(10-13-21-11-4-1-5-12-21)20-16-7-3-2-6-15(16)18(23)19-14-8-9-14/h2-3,6-7,14H,1,4-5,8-13H2,(H,19,23)(H,20,22). The quantitative estimate of drug-likeness (QED) is 0.847. The average Bonchev–Trinajstić information content (AvgIpc) is 3.38. The molecule has 5 heteroatoms. The van der Waals surface area contributed by atoms with E-state index in [1.807, 2.05) is 12.1 Å². The molecule has 2 amide bonds. The maximum Gasteiger partial charge on any atom is 0.253 e. The summed E-state index contributed by atoms with van der Waals surface area (Å²) < 4.78 is 0. The van der Waals surface area contributed by atoms with E-state index in [-0.39, 0.29) is 11.8 Å². The highest BCUT2D eigenvalue weighted by molar-refractivity contribution is 6.03. The molecule has 1 saturated heterocycles. The molecular weight excluding hydrogens is 290 g/mol. The number of hydrogen-bond donors (Lipinski definition) is 2. The summed E-state index contributed by atoms with van der Waals surface area (Å²) in [5, 5.41) is 5.87. The van der Waals surface area contributed by atoms with Gasteiger partial charge in [-0.15, -0.1) is 0 Å². The van der Waals surface area contributed by atoms with Crippen LogP contribution < -0.4 is 10.6 Å². The van der Waals surface area contributed by atoms with Crippen molar-refractivity contribution in [2.75, 3.05) is 25.0 Å². The van der Waals surface area contributed by atoms with Gasteiger partial charge in [-0.2, -0.15) is 0 Å². The van der Waals surface area contributed by atoms with Crippen LogP contribution in [-0.2, 0) is 4.79 Å². The molecular formula is C18H25N3O2. The number of anilines is 1. The van der Waals surface area contributed by atoms with Gasteiger partial charge in [-0.1, -0.05) is 18.6 Å². The maximum atomic E-state index is 12.2. The first kappa shape index (κ1) is 16.0. The summed E-state index contributed by atoms with van der Waals surface area (Å²) in [5.41, 5.74) is 1.15. The highest BCUT2D eigenvalue weighted by Gasteiger charge is 2.25. The third kappa shape index (κ3) is 4.79. The lowest BCUT2D eigenvalue weighted by molar-refractivity contribution is -0.116. The molecule has 1 aromatic rings. The molecule has 1 aliphatic carbocycles. The van der Waals surface area contributed by atoms with Crippen molar-refractivity contribution in [2.45, 2.75) is 44.6 Å². The molecule has 0 atom stereocenters. The number of benzene rings is 1. The zero-order valence-electron chi connectivity index (χ0n) is 13.5. The van der Waals surface area contributed by atoms with Crippen LogP contribution in [0.2, 0.25) is 0 Å². The van der Waals surface area contributed by atoms with Gasteiger partial charge in [-0.05, 0) is 50.9 Å². The minimum absolute atomic E-state index is 0.0257. The molecule has 1 aromatic carbocycles. The second kappa shape index (κ2) is 7.59. The second-order valence-corrected chi connectivity index (χ2v) is 6.49. The van der Waals surface area contributed by atoms with Crippen molar-refractivity contribution in [2.24, 2.45) is 0 Å². The molecule has 0 radical (unpaired) electrons. The van der Waals surface area contributed by atoms with Crippen molar-refractivity contribution in [3.05, 3.63) is 29.8 Å². The first-order valence-electron chi connectivity index (χ1n) is 8.64. The van der Waals surface area contributed by atoms with Gasteiger partial charge >= 0.3 is 0 Å². The van der Waals surface area contributed by atoms with Crippen LogP contribution in [0.1, 0.15) is 48.9 Å². The maximum absolute atomic E-state index is 12.2. The Morgan fingerprint density at radius 1 is 1.09 bits per heavy atom. The molecule has 23 heavy (non-hydrogen) atoms. The Bertz CT molecular complexity index is 563. The Labute approximate surface area is 137 Å². The molecule has 1 aliphatic heterocycles. The van der Waals surface area contributed by atoms with E-state index in [9.17, 15) is 9.59 Å². The van der Waals surface area contributed by atoms with Crippen LogP contribution in [0.4, 0.5) is 5.69 Å². The molecule has 2 N–H and O–H groups in total. The first-order valence-corrected chi connectivity index (χ1v) is 8.64. The van der Waals surface area contributed by atoms with Gasteiger partial charge in [0.15, 0.2) is 0 Å². The Kier molecular flexibility index (Phi) is 5.28. The van der Waals surface area contributed by atoms with Gasteiger partial charge in [0.25, 0.3) is 5.91 Å². The fourth-order valence-corrected chi connectivity index (χ4v) is 2.94. The third-order valence-corrected chi connectivity index (χ3v) is 4.46. The molecule has 124 valence electrons. The first-order chi connectivity index (χ1) is 11.2. The smallest absolute Gasteiger partial charge is 0.253 e. The summed E-state index contributed by atoms with van der Waals surface area (Å²) in [6, 6.07) is 7.53. The van der Waals surface area contributed by atoms with E-state index in [1.165, 1.54) is 19.3 Å². The fraction of sp³-hybridized carbons (Fsp3) is 0.556. The van der Waals surface area contributed by atoms with Crippen molar-refractivity contribution >= 4 is 17.5 Å². The van der Waals surface area contributed by atoms with Crippen LogP contribution >= 0.6 is 0 Å². The zero-order chi connectivity index (χ0) is 16.1. The number of piperidine rings is 1. The average molecular weight is 315 g/mol. The van der Waals surface area contributed by atoms with Gasteiger partial charge in [-0.3, -0.25) is 9.59 Å². The number of nitrogens with one attached hydrogen (secondary N) is 2. The fourth-order valence-electron chi connectivity index (χ4n) is 2.94. The highest BCUT2D eigenvalue weighted by Crippen LogP contribution is 2.21. The molecule has 0 aromatic heterocycles. The predicted octanol–water partition coefficient (Wildman–Crippen LogP) is 2.39. The van der Waals surface area contributed by atoms with Crippen molar-refractivity contribution < 1.29 is 9.59 Å². The number of hydrogen-bond acceptors (Lipinski definition) is 3. The third-order valence-electron chi connectivity index (χ3n) is 4.46. The van der Waals surface area contributed by atoms with Gasteiger partial charge in [0.05, 0.1) is 11.3 Å². The van der Waals surface area contributed by atoms with E-state index in [0.717, 1.165) is 32.5 Å². The van der Waals surface area contributed by atoms with E-state index < -0.39 is 0 Å². The summed E-state index contributed by atoms with van der Waals surface area (Å²) in [4.78, 5) is 26.8. The number of amides is 2. The van der Waals surface area contributed by atoms with Crippen LogP contribution in [0.3, 0.4) is 0 Å². The minimum atomic E-state index is -0.0977. The van der Waals surface area contributed by atoms with E-state index in [2.05, 4.69) is 15.5 Å². The molecule has 0 spiro atoms. The van der Waals surface area contributed by atoms with Gasteiger partial charge < -0.3 is 15.5 Å². The van der Waals surface area contributed by atoms with Crippen molar-refractivity contribution in [3.8, 4) is 0 Å². The molecule has 3 rings (SSSR count). The number of carbonyl (C=O) groups is 2. The highest BCUT2D eigenvalue weighted by atomic mass is 16.2. The lowest BCUT2D eigenvalue weighted by Gasteiger charge is -2.26. The second-order valence-electron chi connectivity index (χ2n) is 6.49. The predicted molar refractivity (Wildman–Crippen MR) is 90.5 cm³/mol. The summed E-state index contributed by atoms with van der Waals surface area (Å²) in [6.45, 7) is 2.98. The normalized spacial score (nSPS) is 18.4. The van der Waals surface area contributed by atoms with Crippen molar-refractivity contribution in [1.29, 1.82) is 0 Å². The number of likely N-dealkylation sites (tertiary alicyclic amines) is 1. The molecule has 0 unspecified atom stereocenters. The number of rotatable bonds is 6. The number of carbonyl (C=O) groups excluding carboxylic acids is 2. The van der Waals surface area contributed by atoms with Gasteiger partial charge in [0, 0.05) is 19.0 Å². The topological polar surface area (TPSA) is 61.4 Å². The summed E-state index contributed by atoms with van der Waals surface area (Å²) in [6.07, 6.45) is 6.33. The molecule has 5 nitrogen and oxygen atoms in total. The SMILES string of the molecule is O=C(CCN1CCCCC1)Nc1ccccc1C(=O)NC1CC1. The van der Waals surface area contributed by atoms with E-state index in [1.54, 1.807) is 12.1 Å². The van der Waals surface area contributed by atoms with Crippen LogP contribution in [0, 0.1) is 0 Å². The summed E-state index contributed by atoms with van der Waals surface area (Å²) >= 11 is 0. The lowest BCUT2D eigenvalue weighted by atomic mass is 10.1. The largest absolute Gasteiger partial charge is 0.349 e. The molecule has 2 fully saturated rings. The van der Waals surface area contributed by atoms with E-state index in [4.69, 9.17) is 0 Å². The Morgan fingerprint density at radius 3 is 2.57 bits per heavy atom. The van der Waals surface area contributed by atoms with Crippen molar-refractivity contribution in [1.82, 2.24) is 10.2 Å². The zero-order valence-corrected chi connectivity index (χ0v) is 13.5. The molecule has 1 saturated carbocycles. The van der Waals surface area contributed by atoms with Gasteiger partial charge in [0.1, 0.15) is 0 Å². The summed E-state index contributed by atoms with van der Waals surface area (Å²) in [5.74, 6) is -0.123. The van der Waals surface area contributed by atoms with Crippen LogP contribution in [0.15, 0.2) is 24.3 Å². The van der Waals surface area contributed by atoms with E-state index >= 15 is 0 Å². The Morgan fingerprint density at radius 2 is 1.83 bits per heavy atom. The monoisotopic (exact) mass is 315 g/mol. The van der Waals surface area contributed by atoms with Crippen LogP contribution in [-0.4, -0.2) is 42.4 Å². The van der Waals surface area contributed by atoms with Crippen molar-refractivity contribution in [3.63, 3.8) is 0 Å². The van der Waals surface area contributed by atoms with Gasteiger partial charge in [-0.25, -0.2) is 0 Å². The minimum Gasteiger partial charge on any atom is -0.349 e. The number of nitrogens with zero attached hydrogens (tertiary/aromatic N) is 1. The molecule has 2 aliphatic rings. The molecule has 0 bridgehead atoms. The van der Waals surface area contributed by atoms with Crippen LogP contribution in [0.25, 0.3) is 0 Å². The number of para-hydroxylation sites is 1. The lowest BCUT2D eigenvalue weighted by Crippen LogP contribution is -2.32. The van der Waals surface area contributed by atoms with E-state index in [0.29, 0.717) is 23.7 Å². The Balaban J connectivity index is 1.53. The van der Waals surface area contributed by atoms with Crippen LogP contribution in [0.5, 0.6) is 0 Å². The summed E-state index contributed by atoms with van der Waals surface area (Å²) in [7, 11) is 0. The van der Waals surface area contributed by atoms with Gasteiger partial charge in [0.2, 0.25) is 5.91 Å².